The van der Waals surface area contributed by atoms with Crippen LogP contribution in [0.2, 0.25) is 0 Å². The Morgan fingerprint density at radius 1 is 0.974 bits per heavy atom. The summed E-state index contributed by atoms with van der Waals surface area (Å²) in [6, 6.07) is 17.8. The topological polar surface area (TPSA) is 102 Å². The van der Waals surface area contributed by atoms with Gasteiger partial charge >= 0.3 is 0 Å². The van der Waals surface area contributed by atoms with Crippen LogP contribution in [0.1, 0.15) is 25.0 Å². The highest BCUT2D eigenvalue weighted by Crippen LogP contribution is 2.40. The van der Waals surface area contributed by atoms with Crippen LogP contribution in [0, 0.1) is 5.92 Å². The third-order valence-electron chi connectivity index (χ3n) is 7.76. The molecule has 3 N–H and O–H groups in total. The number of allylic oxidation sites excluding steroid dienone is 4. The van der Waals surface area contributed by atoms with Crippen LogP contribution in [-0.4, -0.2) is 35.2 Å². The average Bonchev–Trinajstić information content (AvgIpc) is 3.21. The van der Waals surface area contributed by atoms with Gasteiger partial charge in [0.25, 0.3) is 0 Å². The molecular weight excluding hydrogens is 472 g/mol. The van der Waals surface area contributed by atoms with Crippen LogP contribution < -0.4 is 5.73 Å². The van der Waals surface area contributed by atoms with E-state index in [1.54, 1.807) is 18.3 Å². The van der Waals surface area contributed by atoms with Crippen molar-refractivity contribution < 1.29 is 5.11 Å². The highest BCUT2D eigenvalue weighted by molar-refractivity contribution is 5.98. The standard InChI is InChI=1S/C31H26N6O/c32-31(15-5-16-31)23-9-4-8-21(10-12-23)28-24(20-6-2-1-3-7-20)18-25-26(34-28)14-17-37-29(35-36-30(25)37)22-11-13-27(38)33-19-22/h1-4,6-14,17-19,23H,5,15-16,32H2,(H,33,38). The molecule has 1 atom stereocenters. The van der Waals surface area contributed by atoms with Crippen molar-refractivity contribution in [1.82, 2.24) is 24.6 Å². The molecule has 5 aromatic rings. The number of nitrogens with zero attached hydrogens (tertiary/aromatic N) is 5. The van der Waals surface area contributed by atoms with E-state index in [4.69, 9.17) is 10.7 Å². The molecule has 1 unspecified atom stereocenters. The summed E-state index contributed by atoms with van der Waals surface area (Å²) in [6.07, 6.45) is 17.7. The summed E-state index contributed by atoms with van der Waals surface area (Å²) in [5.74, 6) is 0.834. The van der Waals surface area contributed by atoms with Crippen molar-refractivity contribution in [3.8, 4) is 28.4 Å². The van der Waals surface area contributed by atoms with E-state index in [-0.39, 0.29) is 17.3 Å². The molecule has 1 fully saturated rings. The van der Waals surface area contributed by atoms with Gasteiger partial charge in [0.15, 0.2) is 11.5 Å². The van der Waals surface area contributed by atoms with Crippen molar-refractivity contribution in [2.24, 2.45) is 11.7 Å². The molecule has 7 heteroatoms. The van der Waals surface area contributed by atoms with Gasteiger partial charge in [0.2, 0.25) is 5.88 Å². The molecule has 7 nitrogen and oxygen atoms in total. The zero-order valence-electron chi connectivity index (χ0n) is 20.7. The van der Waals surface area contributed by atoms with Crippen molar-refractivity contribution in [3.63, 3.8) is 0 Å². The lowest BCUT2D eigenvalue weighted by Gasteiger charge is -2.42. The summed E-state index contributed by atoms with van der Waals surface area (Å²) in [5.41, 5.74) is 12.9. The highest BCUT2D eigenvalue weighted by atomic mass is 16.3. The van der Waals surface area contributed by atoms with E-state index in [1.165, 1.54) is 6.42 Å². The summed E-state index contributed by atoms with van der Waals surface area (Å²) in [5, 5.41) is 19.4. The highest BCUT2D eigenvalue weighted by Gasteiger charge is 2.38. The van der Waals surface area contributed by atoms with Gasteiger partial charge in [0, 0.05) is 52.0 Å². The Morgan fingerprint density at radius 2 is 1.84 bits per heavy atom. The van der Waals surface area contributed by atoms with Crippen molar-refractivity contribution in [2.45, 2.75) is 24.8 Å². The second-order valence-corrected chi connectivity index (χ2v) is 10.1. The molecule has 1 aromatic carbocycles. The van der Waals surface area contributed by atoms with Crippen LogP contribution in [0.4, 0.5) is 0 Å². The van der Waals surface area contributed by atoms with Gasteiger partial charge in [-0.2, -0.15) is 0 Å². The number of benzene rings is 1. The minimum absolute atomic E-state index is 0.0328. The quantitative estimate of drug-likeness (QED) is 0.329. The lowest BCUT2D eigenvalue weighted by molar-refractivity contribution is 0.210. The van der Waals surface area contributed by atoms with Gasteiger partial charge in [-0.1, -0.05) is 60.7 Å². The second-order valence-electron chi connectivity index (χ2n) is 10.1. The number of hydrogen-bond donors (Lipinski definition) is 2. The van der Waals surface area contributed by atoms with Gasteiger partial charge in [-0.25, -0.2) is 9.97 Å². The van der Waals surface area contributed by atoms with E-state index in [2.05, 4.69) is 63.8 Å². The molecule has 2 aliphatic carbocycles. The first kappa shape index (κ1) is 22.6. The number of aromatic nitrogens is 5. The minimum atomic E-state index is -0.140. The van der Waals surface area contributed by atoms with Gasteiger partial charge in [-0.3, -0.25) is 4.40 Å². The molecule has 1 saturated carbocycles. The Kier molecular flexibility index (Phi) is 5.19. The Hall–Kier alpha value is -4.62. The first-order chi connectivity index (χ1) is 18.6. The fraction of sp³-hybridized carbons (Fsp3) is 0.161. The van der Waals surface area contributed by atoms with Crippen LogP contribution >= 0.6 is 0 Å². The van der Waals surface area contributed by atoms with Crippen LogP contribution in [0.15, 0.2) is 97.4 Å². The van der Waals surface area contributed by atoms with Gasteiger partial charge in [0.05, 0.1) is 11.2 Å². The van der Waals surface area contributed by atoms with Gasteiger partial charge in [-0.05, 0) is 43.0 Å². The van der Waals surface area contributed by atoms with Crippen molar-refractivity contribution in [1.29, 1.82) is 0 Å². The van der Waals surface area contributed by atoms with E-state index in [0.717, 1.165) is 51.7 Å². The SMILES string of the molecule is NC1(C2C=CC=C(c3nc4ccn5c(-c6ccc(O)nc6)nnc5c4cc3-c3ccccc3)C=C2)CCC1. The lowest BCUT2D eigenvalue weighted by atomic mass is 9.68. The van der Waals surface area contributed by atoms with Crippen LogP contribution in [-0.2, 0) is 0 Å². The molecule has 38 heavy (non-hydrogen) atoms. The second kappa shape index (κ2) is 8.75. The lowest BCUT2D eigenvalue weighted by Crippen LogP contribution is -2.51. The summed E-state index contributed by atoms with van der Waals surface area (Å²) < 4.78 is 1.93. The number of hydrogen-bond acceptors (Lipinski definition) is 6. The molecule has 7 rings (SSSR count). The number of pyridine rings is 3. The van der Waals surface area contributed by atoms with Gasteiger partial charge < -0.3 is 10.8 Å². The molecule has 0 spiro atoms. The Morgan fingerprint density at radius 3 is 2.61 bits per heavy atom. The third kappa shape index (κ3) is 3.71. The molecule has 0 aliphatic heterocycles. The predicted octanol–water partition coefficient (Wildman–Crippen LogP) is 5.72. The molecular formula is C31H26N6O. The monoisotopic (exact) mass is 498 g/mol. The fourth-order valence-electron chi connectivity index (χ4n) is 5.43. The molecule has 186 valence electrons. The molecule has 2 aliphatic rings. The van der Waals surface area contributed by atoms with Gasteiger partial charge in [-0.15, -0.1) is 10.2 Å². The first-order valence-corrected chi connectivity index (χ1v) is 12.8. The Labute approximate surface area is 219 Å². The molecule has 0 bridgehead atoms. The van der Waals surface area contributed by atoms with E-state index in [9.17, 15) is 5.11 Å². The first-order valence-electron chi connectivity index (χ1n) is 12.8. The van der Waals surface area contributed by atoms with Crippen molar-refractivity contribution in [3.05, 3.63) is 103 Å². The smallest absolute Gasteiger partial charge is 0.210 e. The van der Waals surface area contributed by atoms with E-state index >= 15 is 0 Å². The minimum Gasteiger partial charge on any atom is -0.493 e. The molecule has 0 saturated heterocycles. The normalized spacial score (nSPS) is 18.3. The number of rotatable bonds is 4. The average molecular weight is 499 g/mol. The molecule has 0 amide bonds. The van der Waals surface area contributed by atoms with E-state index < -0.39 is 0 Å². The largest absolute Gasteiger partial charge is 0.493 e. The van der Waals surface area contributed by atoms with Crippen LogP contribution in [0.25, 0.3) is 44.6 Å². The summed E-state index contributed by atoms with van der Waals surface area (Å²) in [6.45, 7) is 0. The Balaban J connectivity index is 1.39. The number of nitrogens with two attached hydrogens (primary N) is 1. The third-order valence-corrected chi connectivity index (χ3v) is 7.76. The fourth-order valence-corrected chi connectivity index (χ4v) is 5.43. The van der Waals surface area contributed by atoms with Crippen LogP contribution in [0.5, 0.6) is 5.88 Å². The van der Waals surface area contributed by atoms with Crippen molar-refractivity contribution in [2.75, 3.05) is 0 Å². The summed E-state index contributed by atoms with van der Waals surface area (Å²) in [4.78, 5) is 9.17. The molecule has 4 aromatic heterocycles. The van der Waals surface area contributed by atoms with Crippen LogP contribution in [0.3, 0.4) is 0 Å². The maximum absolute atomic E-state index is 9.59. The summed E-state index contributed by atoms with van der Waals surface area (Å²) >= 11 is 0. The maximum atomic E-state index is 9.59. The molecule has 4 heterocycles. The van der Waals surface area contributed by atoms with Crippen molar-refractivity contribution >= 4 is 22.1 Å². The Bertz CT molecular complexity index is 1760. The summed E-state index contributed by atoms with van der Waals surface area (Å²) in [7, 11) is 0. The van der Waals surface area contributed by atoms with E-state index in [1.807, 2.05) is 34.9 Å². The predicted molar refractivity (Wildman–Crippen MR) is 149 cm³/mol. The number of aromatic hydroxyl groups is 1. The zero-order valence-corrected chi connectivity index (χ0v) is 20.7. The van der Waals surface area contributed by atoms with Gasteiger partial charge in [0.1, 0.15) is 0 Å². The molecule has 0 radical (unpaired) electrons. The zero-order chi connectivity index (χ0) is 25.7. The maximum Gasteiger partial charge on any atom is 0.210 e. The van der Waals surface area contributed by atoms with E-state index in [0.29, 0.717) is 11.5 Å². The number of fused-ring (bicyclic) bond motifs is 3.